The van der Waals surface area contributed by atoms with Crippen molar-refractivity contribution in [2.75, 3.05) is 20.3 Å². The summed E-state index contributed by atoms with van der Waals surface area (Å²) in [5, 5.41) is 19.9. The number of ether oxygens (including phenoxy) is 2. The molecule has 0 aliphatic carbocycles. The number of halogens is 2. The van der Waals surface area contributed by atoms with Gasteiger partial charge in [0.25, 0.3) is 0 Å². The number of aromatic nitrogens is 1. The Morgan fingerprint density at radius 3 is 2.41 bits per heavy atom. The van der Waals surface area contributed by atoms with Crippen molar-refractivity contribution in [3.63, 3.8) is 0 Å². The van der Waals surface area contributed by atoms with Crippen LogP contribution in [0.2, 0.25) is 0 Å². The summed E-state index contributed by atoms with van der Waals surface area (Å²) in [4.78, 5) is 13.7. The number of hydrogen-bond acceptors (Lipinski definition) is 6. The normalized spacial score (nSPS) is 11.9. The Bertz CT molecular complexity index is 1380. The summed E-state index contributed by atoms with van der Waals surface area (Å²) in [5.74, 6) is -2.28. The highest BCUT2D eigenvalue weighted by molar-refractivity contribution is 5.87. The summed E-state index contributed by atoms with van der Waals surface area (Å²) in [7, 11) is 1.50. The molecule has 7 nitrogen and oxygen atoms in total. The molecule has 9 heteroatoms. The number of aromatic hydroxyl groups is 1. The van der Waals surface area contributed by atoms with E-state index in [2.05, 4.69) is 4.98 Å². The number of phenolic OH excluding ortho intramolecular Hbond substituents is 1. The van der Waals surface area contributed by atoms with Crippen LogP contribution in [-0.4, -0.2) is 35.5 Å². The number of pyridine rings is 1. The summed E-state index contributed by atoms with van der Waals surface area (Å²) in [6, 6.07) is 18.9. The Kier molecular flexibility index (Phi) is 9.21. The average Bonchev–Trinajstić information content (AvgIpc) is 2.92. The number of alkyl halides is 2. The maximum Gasteiger partial charge on any atom is 0.306 e. The number of methoxy groups -OCH3 is 1. The van der Waals surface area contributed by atoms with Crippen LogP contribution in [0.4, 0.5) is 8.78 Å². The summed E-state index contributed by atoms with van der Waals surface area (Å²) >= 11 is 0. The Balaban J connectivity index is 0.000000213. The number of hydrogen-bond donors (Lipinski definition) is 4. The van der Waals surface area contributed by atoms with E-state index >= 15 is 0 Å². The van der Waals surface area contributed by atoms with E-state index in [1.165, 1.54) is 31.4 Å². The fourth-order valence-electron chi connectivity index (χ4n) is 3.66. The fourth-order valence-corrected chi connectivity index (χ4v) is 3.66. The van der Waals surface area contributed by atoms with E-state index in [0.29, 0.717) is 28.0 Å². The predicted molar refractivity (Wildman–Crippen MR) is 138 cm³/mol. The van der Waals surface area contributed by atoms with Gasteiger partial charge in [0.15, 0.2) is 18.1 Å². The molecule has 0 saturated carbocycles. The van der Waals surface area contributed by atoms with Crippen molar-refractivity contribution in [2.45, 2.75) is 25.4 Å². The Labute approximate surface area is 213 Å². The maximum atomic E-state index is 14.1. The number of fused-ring (bicyclic) bond motifs is 1. The van der Waals surface area contributed by atoms with Crippen LogP contribution in [0.1, 0.15) is 29.7 Å². The number of nitrogens with one attached hydrogen (secondary N) is 1. The molecule has 4 rings (SSSR count). The number of benzene rings is 3. The van der Waals surface area contributed by atoms with Gasteiger partial charge in [-0.15, -0.1) is 0 Å². The lowest BCUT2D eigenvalue weighted by molar-refractivity contribution is -0.0472. The van der Waals surface area contributed by atoms with E-state index in [4.69, 9.17) is 15.2 Å². The SMILES string of the molecule is CCc1ccc(OCC(F)(F)c2ccccc2)c(OC)c1.NCC(O)c1ccc(O)c2[nH]c(=O)ccc12. The molecule has 1 atom stereocenters. The first-order valence-electron chi connectivity index (χ1n) is 11.7. The summed E-state index contributed by atoms with van der Waals surface area (Å²) in [6.07, 6.45) is 0.0330. The molecule has 0 bridgehead atoms. The largest absolute Gasteiger partial charge is 0.506 e. The number of aromatic amines is 1. The molecule has 1 heterocycles. The van der Waals surface area contributed by atoms with E-state index in [1.54, 1.807) is 42.5 Å². The van der Waals surface area contributed by atoms with Gasteiger partial charge in [0, 0.05) is 23.6 Å². The molecule has 196 valence electrons. The van der Waals surface area contributed by atoms with Crippen LogP contribution in [0, 0.1) is 0 Å². The zero-order valence-corrected chi connectivity index (χ0v) is 20.6. The third-order valence-electron chi connectivity index (χ3n) is 5.73. The van der Waals surface area contributed by atoms with Crippen molar-refractivity contribution in [2.24, 2.45) is 5.73 Å². The second kappa shape index (κ2) is 12.3. The molecule has 1 aromatic heterocycles. The van der Waals surface area contributed by atoms with Crippen molar-refractivity contribution in [1.82, 2.24) is 4.98 Å². The van der Waals surface area contributed by atoms with Crippen LogP contribution in [-0.2, 0) is 12.3 Å². The fraction of sp³-hybridized carbons (Fsp3) is 0.250. The number of rotatable bonds is 8. The maximum absolute atomic E-state index is 14.1. The van der Waals surface area contributed by atoms with Crippen LogP contribution in [0.3, 0.4) is 0 Å². The molecule has 0 spiro atoms. The Morgan fingerprint density at radius 2 is 1.76 bits per heavy atom. The first-order chi connectivity index (χ1) is 17.7. The minimum Gasteiger partial charge on any atom is -0.506 e. The molecule has 0 amide bonds. The minimum atomic E-state index is -3.05. The van der Waals surface area contributed by atoms with Crippen LogP contribution in [0.25, 0.3) is 10.9 Å². The number of phenols is 1. The molecular formula is C28H30F2N2O5. The lowest BCUT2D eigenvalue weighted by Crippen LogP contribution is -2.23. The van der Waals surface area contributed by atoms with E-state index < -0.39 is 18.6 Å². The van der Waals surface area contributed by atoms with E-state index in [-0.39, 0.29) is 23.4 Å². The highest BCUT2D eigenvalue weighted by Crippen LogP contribution is 2.33. The molecule has 0 radical (unpaired) electrons. The minimum absolute atomic E-state index is 0.0272. The van der Waals surface area contributed by atoms with Crippen molar-refractivity contribution < 1.29 is 28.5 Å². The van der Waals surface area contributed by atoms with Gasteiger partial charge >= 0.3 is 5.92 Å². The van der Waals surface area contributed by atoms with Crippen LogP contribution in [0.15, 0.2) is 77.6 Å². The van der Waals surface area contributed by atoms with Gasteiger partial charge in [-0.2, -0.15) is 8.78 Å². The van der Waals surface area contributed by atoms with Crippen LogP contribution >= 0.6 is 0 Å². The topological polar surface area (TPSA) is 118 Å². The van der Waals surface area contributed by atoms with Gasteiger partial charge in [0.2, 0.25) is 5.56 Å². The van der Waals surface area contributed by atoms with Gasteiger partial charge in [-0.25, -0.2) is 0 Å². The summed E-state index contributed by atoms with van der Waals surface area (Å²) < 4.78 is 38.6. The van der Waals surface area contributed by atoms with E-state index in [1.807, 2.05) is 13.0 Å². The molecule has 3 aromatic carbocycles. The summed E-state index contributed by atoms with van der Waals surface area (Å²) in [5.41, 5.74) is 6.98. The zero-order valence-electron chi connectivity index (χ0n) is 20.6. The number of nitrogens with two attached hydrogens (primary N) is 1. The van der Waals surface area contributed by atoms with E-state index in [0.717, 1.165) is 12.0 Å². The second-order valence-electron chi connectivity index (χ2n) is 8.23. The highest BCUT2D eigenvalue weighted by atomic mass is 19.3. The highest BCUT2D eigenvalue weighted by Gasteiger charge is 2.32. The Morgan fingerprint density at radius 1 is 1.03 bits per heavy atom. The third-order valence-corrected chi connectivity index (χ3v) is 5.73. The molecular weight excluding hydrogens is 482 g/mol. The van der Waals surface area contributed by atoms with Crippen molar-refractivity contribution in [3.8, 4) is 17.2 Å². The number of aliphatic hydroxyl groups excluding tert-OH is 1. The standard InChI is InChI=1S/C17H18F2O2.C11H12N2O3/c1-3-13-9-10-15(16(11-13)20-2)21-12-17(18,19)14-7-5-4-6-8-14;12-5-9(15)6-1-3-8(14)11-7(6)2-4-10(16)13-11/h4-11H,3,12H2,1-2H3;1-4,9,14-15H,5,12H2,(H,13,16). The van der Waals surface area contributed by atoms with Gasteiger partial charge in [0.05, 0.1) is 18.7 Å². The molecule has 0 aliphatic heterocycles. The van der Waals surface area contributed by atoms with E-state index in [9.17, 15) is 23.8 Å². The monoisotopic (exact) mass is 512 g/mol. The summed E-state index contributed by atoms with van der Waals surface area (Å²) in [6.45, 7) is 1.37. The van der Waals surface area contributed by atoms with Crippen LogP contribution in [0.5, 0.6) is 17.2 Å². The molecule has 1 unspecified atom stereocenters. The number of aryl methyl sites for hydroxylation is 1. The van der Waals surface area contributed by atoms with Gasteiger partial charge < -0.3 is 30.4 Å². The van der Waals surface area contributed by atoms with Gasteiger partial charge in [-0.1, -0.05) is 49.4 Å². The average molecular weight is 513 g/mol. The quantitative estimate of drug-likeness (QED) is 0.273. The smallest absolute Gasteiger partial charge is 0.306 e. The molecule has 37 heavy (non-hydrogen) atoms. The van der Waals surface area contributed by atoms with Crippen molar-refractivity contribution in [3.05, 3.63) is 99.8 Å². The lowest BCUT2D eigenvalue weighted by atomic mass is 10.0. The Hall–Kier alpha value is -3.95. The van der Waals surface area contributed by atoms with Gasteiger partial charge in [0.1, 0.15) is 5.75 Å². The van der Waals surface area contributed by atoms with Crippen LogP contribution < -0.4 is 20.8 Å². The second-order valence-corrected chi connectivity index (χ2v) is 8.23. The predicted octanol–water partition coefficient (Wildman–Crippen LogP) is 4.65. The number of H-pyrrole nitrogens is 1. The van der Waals surface area contributed by atoms with Crippen molar-refractivity contribution >= 4 is 10.9 Å². The van der Waals surface area contributed by atoms with Gasteiger partial charge in [-0.05, 0) is 41.8 Å². The molecule has 0 aliphatic rings. The van der Waals surface area contributed by atoms with Crippen molar-refractivity contribution in [1.29, 1.82) is 0 Å². The number of aliphatic hydroxyl groups is 1. The molecule has 0 saturated heterocycles. The first-order valence-corrected chi connectivity index (χ1v) is 11.7. The molecule has 4 aromatic rings. The first kappa shape index (κ1) is 27.6. The zero-order chi connectivity index (χ0) is 27.0. The third kappa shape index (κ3) is 6.84. The van der Waals surface area contributed by atoms with Gasteiger partial charge in [-0.3, -0.25) is 4.79 Å². The molecule has 0 fully saturated rings. The molecule has 5 N–H and O–H groups in total. The lowest BCUT2D eigenvalue weighted by Gasteiger charge is -2.18.